The van der Waals surface area contributed by atoms with Gasteiger partial charge >= 0.3 is 0 Å². The molecule has 0 radical (unpaired) electrons. The molecule has 32 heavy (non-hydrogen) atoms. The lowest BCUT2D eigenvalue weighted by Gasteiger charge is -2.25. The second-order valence-electron chi connectivity index (χ2n) is 9.47. The minimum absolute atomic E-state index is 0.0323. The van der Waals surface area contributed by atoms with Crippen LogP contribution >= 0.6 is 0 Å². The van der Waals surface area contributed by atoms with Crippen LogP contribution in [0.25, 0.3) is 0 Å². The molecule has 0 bridgehead atoms. The van der Waals surface area contributed by atoms with Crippen molar-refractivity contribution in [1.82, 2.24) is 21.8 Å². The van der Waals surface area contributed by atoms with Crippen LogP contribution in [0.5, 0.6) is 0 Å². The molecule has 0 saturated heterocycles. The quantitative estimate of drug-likeness (QED) is 0.488. The minimum Gasteiger partial charge on any atom is -0.363 e. The Kier molecular flexibility index (Phi) is 5.61. The molecule has 2 aromatic carbocycles. The lowest BCUT2D eigenvalue weighted by molar-refractivity contribution is -0.137. The standard InChI is InChI=1S/C25H31N5O2/c1-16(2)22(32-15-17-4-3-5-20(14-17)18-6-7-18)24(31)26-25(12-13-25)21-10-8-19(9-11-21)23-27-29-30-28-23/h3-5,8-11,14,16,18,22,29-30H,6-7,12-13,15H2,1-2H3,(H,26,31)(H,27,28)/t22-/m1/s1. The van der Waals surface area contributed by atoms with Crippen molar-refractivity contribution in [2.24, 2.45) is 11.0 Å². The predicted molar refractivity (Wildman–Crippen MR) is 123 cm³/mol. The zero-order valence-corrected chi connectivity index (χ0v) is 18.7. The minimum atomic E-state index is -0.481. The van der Waals surface area contributed by atoms with Gasteiger partial charge in [0.2, 0.25) is 5.91 Å². The maximum absolute atomic E-state index is 13.2. The number of amidine groups is 1. The first-order valence-electron chi connectivity index (χ1n) is 11.5. The van der Waals surface area contributed by atoms with Gasteiger partial charge in [0.05, 0.1) is 12.1 Å². The second kappa shape index (κ2) is 8.56. The maximum atomic E-state index is 13.2. The van der Waals surface area contributed by atoms with Crippen LogP contribution < -0.4 is 21.8 Å². The lowest BCUT2D eigenvalue weighted by atomic mass is 10.0. The van der Waals surface area contributed by atoms with Crippen molar-refractivity contribution in [2.75, 3.05) is 0 Å². The SMILES string of the molecule is CC(C)[C@@H](OCc1cccc(C2CC2)c1)C(=O)NC1(c2ccc(C3=NNNN3)cc2)CC1. The lowest BCUT2D eigenvalue weighted by Crippen LogP contribution is -2.44. The van der Waals surface area contributed by atoms with E-state index < -0.39 is 6.10 Å². The summed E-state index contributed by atoms with van der Waals surface area (Å²) in [6.45, 7) is 4.53. The number of amides is 1. The molecule has 7 nitrogen and oxygen atoms in total. The van der Waals surface area contributed by atoms with E-state index in [9.17, 15) is 4.79 Å². The van der Waals surface area contributed by atoms with Gasteiger partial charge in [-0.15, -0.1) is 10.6 Å². The molecule has 1 aliphatic heterocycles. The number of hydrazone groups is 1. The van der Waals surface area contributed by atoms with E-state index >= 15 is 0 Å². The summed E-state index contributed by atoms with van der Waals surface area (Å²) in [4.78, 5) is 13.2. The van der Waals surface area contributed by atoms with Crippen molar-refractivity contribution in [1.29, 1.82) is 0 Å². The van der Waals surface area contributed by atoms with Crippen LogP contribution in [0.2, 0.25) is 0 Å². The van der Waals surface area contributed by atoms with E-state index in [0.29, 0.717) is 12.5 Å². The average Bonchev–Trinajstić information content (AvgIpc) is 3.73. The monoisotopic (exact) mass is 433 g/mol. The molecule has 3 aliphatic rings. The highest BCUT2D eigenvalue weighted by atomic mass is 16.5. The van der Waals surface area contributed by atoms with Crippen LogP contribution in [0.4, 0.5) is 0 Å². The summed E-state index contributed by atoms with van der Waals surface area (Å²) >= 11 is 0. The topological polar surface area (TPSA) is 86.8 Å². The van der Waals surface area contributed by atoms with Gasteiger partial charge in [-0.3, -0.25) is 10.2 Å². The van der Waals surface area contributed by atoms with Gasteiger partial charge in [0.15, 0.2) is 5.84 Å². The third-order valence-electron chi connectivity index (χ3n) is 6.52. The Balaban J connectivity index is 1.23. The number of nitrogens with zero attached hydrogens (tertiary/aromatic N) is 1. The number of ether oxygens (including phenoxy) is 1. The molecular weight excluding hydrogens is 402 g/mol. The summed E-state index contributed by atoms with van der Waals surface area (Å²) in [6, 6.07) is 16.8. The smallest absolute Gasteiger partial charge is 0.250 e. The zero-order valence-electron chi connectivity index (χ0n) is 18.7. The average molecular weight is 434 g/mol. The van der Waals surface area contributed by atoms with Gasteiger partial charge in [0.1, 0.15) is 6.10 Å². The van der Waals surface area contributed by atoms with Crippen molar-refractivity contribution in [2.45, 2.75) is 63.7 Å². The first-order valence-corrected chi connectivity index (χ1v) is 11.5. The van der Waals surface area contributed by atoms with Crippen LogP contribution in [0.3, 0.4) is 0 Å². The van der Waals surface area contributed by atoms with E-state index in [-0.39, 0.29) is 17.4 Å². The maximum Gasteiger partial charge on any atom is 0.250 e. The van der Waals surface area contributed by atoms with E-state index in [0.717, 1.165) is 35.4 Å². The Hall–Kier alpha value is -2.90. The molecule has 0 spiro atoms. The van der Waals surface area contributed by atoms with Gasteiger partial charge in [0, 0.05) is 5.56 Å². The molecule has 0 aromatic heterocycles. The molecule has 1 amide bonds. The fourth-order valence-corrected chi connectivity index (χ4v) is 4.31. The highest BCUT2D eigenvalue weighted by molar-refractivity contribution is 5.98. The van der Waals surface area contributed by atoms with Crippen molar-refractivity contribution in [3.8, 4) is 0 Å². The largest absolute Gasteiger partial charge is 0.363 e. The number of hydrogen-bond donors (Lipinski definition) is 4. The van der Waals surface area contributed by atoms with Gasteiger partial charge < -0.3 is 10.1 Å². The van der Waals surface area contributed by atoms with Gasteiger partial charge in [-0.05, 0) is 54.2 Å². The van der Waals surface area contributed by atoms with Gasteiger partial charge in [0.25, 0.3) is 0 Å². The Labute approximate surface area is 188 Å². The predicted octanol–water partition coefficient (Wildman–Crippen LogP) is 3.18. The highest BCUT2D eigenvalue weighted by Gasteiger charge is 2.47. The van der Waals surface area contributed by atoms with Crippen LogP contribution in [-0.4, -0.2) is 17.8 Å². The number of carbonyl (C=O) groups excluding carboxylic acids is 1. The normalized spacial score (nSPS) is 19.7. The molecule has 7 heteroatoms. The summed E-state index contributed by atoms with van der Waals surface area (Å²) in [6.07, 6.45) is 3.96. The van der Waals surface area contributed by atoms with Gasteiger partial charge in [-0.25, -0.2) is 5.53 Å². The van der Waals surface area contributed by atoms with Crippen LogP contribution in [-0.2, 0) is 21.7 Å². The Morgan fingerprint density at radius 1 is 1.19 bits per heavy atom. The summed E-state index contributed by atoms with van der Waals surface area (Å²) in [7, 11) is 0. The van der Waals surface area contributed by atoms with Gasteiger partial charge in [-0.2, -0.15) is 0 Å². The summed E-state index contributed by atoms with van der Waals surface area (Å²) in [5, 5.41) is 7.42. The van der Waals surface area contributed by atoms with E-state index in [1.165, 1.54) is 18.4 Å². The Morgan fingerprint density at radius 2 is 1.97 bits per heavy atom. The molecule has 2 aliphatic carbocycles. The molecule has 2 fully saturated rings. The molecule has 2 aromatic rings. The second-order valence-corrected chi connectivity index (χ2v) is 9.47. The summed E-state index contributed by atoms with van der Waals surface area (Å²) in [5.41, 5.74) is 12.7. The molecule has 1 atom stereocenters. The number of rotatable bonds is 9. The van der Waals surface area contributed by atoms with Gasteiger partial charge in [-0.1, -0.05) is 62.4 Å². The molecule has 4 N–H and O–H groups in total. The summed E-state index contributed by atoms with van der Waals surface area (Å²) < 4.78 is 6.15. The molecular formula is C25H31N5O2. The van der Waals surface area contributed by atoms with Crippen LogP contribution in [0, 0.1) is 5.92 Å². The van der Waals surface area contributed by atoms with E-state index in [2.05, 4.69) is 63.3 Å². The number of benzene rings is 2. The third kappa shape index (κ3) is 4.49. The zero-order chi connectivity index (χ0) is 22.1. The first kappa shape index (κ1) is 21.0. The molecule has 2 saturated carbocycles. The first-order chi connectivity index (χ1) is 15.5. The Bertz CT molecular complexity index is 1010. The van der Waals surface area contributed by atoms with E-state index in [1.807, 2.05) is 26.0 Å². The van der Waals surface area contributed by atoms with Crippen LogP contribution in [0.1, 0.15) is 67.7 Å². The molecule has 1 heterocycles. The third-order valence-corrected chi connectivity index (χ3v) is 6.52. The van der Waals surface area contributed by atoms with Crippen LogP contribution in [0.15, 0.2) is 53.6 Å². The van der Waals surface area contributed by atoms with E-state index in [1.54, 1.807) is 0 Å². The van der Waals surface area contributed by atoms with Crippen molar-refractivity contribution in [3.05, 3.63) is 70.8 Å². The van der Waals surface area contributed by atoms with Crippen molar-refractivity contribution >= 4 is 11.7 Å². The molecule has 168 valence electrons. The fourth-order valence-electron chi connectivity index (χ4n) is 4.31. The Morgan fingerprint density at radius 3 is 2.59 bits per heavy atom. The summed E-state index contributed by atoms with van der Waals surface area (Å²) in [5.74, 6) is 1.51. The molecule has 0 unspecified atom stereocenters. The number of hydrogen-bond acceptors (Lipinski definition) is 6. The van der Waals surface area contributed by atoms with Crippen molar-refractivity contribution in [3.63, 3.8) is 0 Å². The highest BCUT2D eigenvalue weighted by Crippen LogP contribution is 2.45. The molecule has 5 rings (SSSR count). The number of carbonyl (C=O) groups is 1. The number of hydrazine groups is 2. The fraction of sp³-hybridized carbons (Fsp3) is 0.440. The van der Waals surface area contributed by atoms with E-state index in [4.69, 9.17) is 4.74 Å². The van der Waals surface area contributed by atoms with Crippen molar-refractivity contribution < 1.29 is 9.53 Å². The number of nitrogens with one attached hydrogen (secondary N) is 4.